The fourth-order valence-corrected chi connectivity index (χ4v) is 6.83. The Bertz CT molecular complexity index is 1060. The van der Waals surface area contributed by atoms with E-state index in [9.17, 15) is 24.5 Å². The summed E-state index contributed by atoms with van der Waals surface area (Å²) in [5.41, 5.74) is 5.36. The SMILES string of the molecule is CC/C=C\C/C=C\CCCCCCCCCCCCCCC(O)CC(=O)NC(COP(=O)(O)OCCN)C(O)/C=C/CC/C=C/CC/C=C/CCCCCC. The molecule has 6 N–H and O–H groups in total. The van der Waals surface area contributed by atoms with Gasteiger partial charge in [0.05, 0.1) is 37.9 Å². The highest BCUT2D eigenvalue weighted by Crippen LogP contribution is 2.43. The number of nitrogens with one attached hydrogen (secondary N) is 1. The van der Waals surface area contributed by atoms with Crippen LogP contribution in [0.15, 0.2) is 60.8 Å². The van der Waals surface area contributed by atoms with Gasteiger partial charge in [-0.05, 0) is 70.6 Å². The molecule has 0 heterocycles. The molecule has 55 heavy (non-hydrogen) atoms. The summed E-state index contributed by atoms with van der Waals surface area (Å²) >= 11 is 0. The second-order valence-electron chi connectivity index (χ2n) is 14.7. The van der Waals surface area contributed by atoms with Crippen LogP contribution in [-0.4, -0.2) is 59.0 Å². The largest absolute Gasteiger partial charge is 0.472 e. The maximum absolute atomic E-state index is 12.8. The molecule has 0 saturated carbocycles. The van der Waals surface area contributed by atoms with E-state index in [0.717, 1.165) is 57.8 Å². The van der Waals surface area contributed by atoms with Crippen molar-refractivity contribution < 1.29 is 33.5 Å². The molecule has 9 nitrogen and oxygen atoms in total. The lowest BCUT2D eigenvalue weighted by atomic mass is 10.0. The van der Waals surface area contributed by atoms with Crippen molar-refractivity contribution in [2.45, 2.75) is 199 Å². The number of carbonyl (C=O) groups excluding carboxylic acids is 1. The minimum atomic E-state index is -4.41. The second-order valence-corrected chi connectivity index (χ2v) is 16.1. The van der Waals surface area contributed by atoms with Crippen molar-refractivity contribution in [2.75, 3.05) is 19.8 Å². The van der Waals surface area contributed by atoms with Crippen molar-refractivity contribution in [3.63, 3.8) is 0 Å². The van der Waals surface area contributed by atoms with E-state index in [-0.39, 0.29) is 19.6 Å². The standard InChI is InChI=1S/C45H83N2O7P/c1-3-5-7-9-11-13-15-17-19-20-21-22-23-24-26-28-30-32-34-36-42(48)40-45(50)47-43(41-54-55(51,52)53-39-38-46)44(49)37-35-33-31-29-27-25-18-16-14-12-10-8-6-4-2/h5,7,11,13-14,16,27,29,35,37,42-44,48-49H,3-4,6,8-10,12,15,17-26,28,30-34,36,38-41,46H2,1-2H3,(H,47,50)(H,51,52)/b7-5-,13-11-,16-14+,29-27+,37-35+. The van der Waals surface area contributed by atoms with Crippen LogP contribution in [0.3, 0.4) is 0 Å². The molecule has 0 bridgehead atoms. The van der Waals surface area contributed by atoms with Crippen LogP contribution in [0.1, 0.15) is 181 Å². The van der Waals surface area contributed by atoms with Gasteiger partial charge in [-0.25, -0.2) is 4.57 Å². The Hall–Kier alpha value is -1.84. The molecule has 0 radical (unpaired) electrons. The maximum atomic E-state index is 12.8. The van der Waals surface area contributed by atoms with Crippen LogP contribution in [0.5, 0.6) is 0 Å². The van der Waals surface area contributed by atoms with Gasteiger partial charge in [-0.3, -0.25) is 13.8 Å². The van der Waals surface area contributed by atoms with Crippen molar-refractivity contribution in [1.29, 1.82) is 0 Å². The number of hydrogen-bond acceptors (Lipinski definition) is 7. The third-order valence-electron chi connectivity index (χ3n) is 9.36. The van der Waals surface area contributed by atoms with Crippen LogP contribution in [0.25, 0.3) is 0 Å². The third kappa shape index (κ3) is 38.8. The number of amides is 1. The van der Waals surface area contributed by atoms with Gasteiger partial charge < -0.3 is 26.2 Å². The molecule has 1 amide bonds. The van der Waals surface area contributed by atoms with Crippen LogP contribution in [-0.2, 0) is 18.4 Å². The summed E-state index contributed by atoms with van der Waals surface area (Å²) in [6.07, 6.45) is 47.4. The second kappa shape index (κ2) is 40.4. The minimum absolute atomic E-state index is 0.0402. The van der Waals surface area contributed by atoms with Crippen LogP contribution < -0.4 is 11.1 Å². The zero-order chi connectivity index (χ0) is 40.5. The normalized spacial score (nSPS) is 15.2. The van der Waals surface area contributed by atoms with E-state index in [4.69, 9.17) is 14.8 Å². The number of allylic oxidation sites excluding steroid dienone is 9. The van der Waals surface area contributed by atoms with Gasteiger partial charge >= 0.3 is 7.82 Å². The van der Waals surface area contributed by atoms with E-state index in [1.807, 2.05) is 6.08 Å². The number of carbonyl (C=O) groups is 1. The number of aliphatic hydroxyl groups excluding tert-OH is 2. The Morgan fingerprint density at radius 1 is 0.655 bits per heavy atom. The van der Waals surface area contributed by atoms with Gasteiger partial charge in [0.1, 0.15) is 0 Å². The summed E-state index contributed by atoms with van der Waals surface area (Å²) in [7, 11) is -4.41. The van der Waals surface area contributed by atoms with E-state index in [1.54, 1.807) is 6.08 Å². The van der Waals surface area contributed by atoms with Crippen molar-refractivity contribution in [2.24, 2.45) is 5.73 Å². The minimum Gasteiger partial charge on any atom is -0.393 e. The average Bonchev–Trinajstić information content (AvgIpc) is 3.16. The molecule has 4 atom stereocenters. The first kappa shape index (κ1) is 53.2. The fourth-order valence-electron chi connectivity index (χ4n) is 6.07. The molecule has 0 rings (SSSR count). The van der Waals surface area contributed by atoms with Crippen molar-refractivity contribution >= 4 is 13.7 Å². The Balaban J connectivity index is 4.32. The van der Waals surface area contributed by atoms with E-state index < -0.39 is 38.6 Å². The summed E-state index contributed by atoms with van der Waals surface area (Å²) in [4.78, 5) is 22.7. The lowest BCUT2D eigenvalue weighted by Crippen LogP contribution is -2.46. The molecule has 0 aromatic heterocycles. The van der Waals surface area contributed by atoms with Gasteiger partial charge in [-0.2, -0.15) is 0 Å². The van der Waals surface area contributed by atoms with E-state index >= 15 is 0 Å². The molecule has 0 aliphatic rings. The van der Waals surface area contributed by atoms with Crippen LogP contribution in [0.4, 0.5) is 0 Å². The molecule has 0 aromatic rings. The van der Waals surface area contributed by atoms with E-state index in [2.05, 4.69) is 67.8 Å². The Labute approximate surface area is 337 Å². The Morgan fingerprint density at radius 2 is 1.15 bits per heavy atom. The molecule has 0 aromatic carbocycles. The smallest absolute Gasteiger partial charge is 0.393 e. The summed E-state index contributed by atoms with van der Waals surface area (Å²) in [6.45, 7) is 3.81. The number of aliphatic hydroxyl groups is 2. The highest BCUT2D eigenvalue weighted by Gasteiger charge is 2.27. The number of rotatable bonds is 40. The lowest BCUT2D eigenvalue weighted by molar-refractivity contribution is -0.124. The third-order valence-corrected chi connectivity index (χ3v) is 10.3. The zero-order valence-corrected chi connectivity index (χ0v) is 35.9. The van der Waals surface area contributed by atoms with E-state index in [1.165, 1.54) is 89.9 Å². The van der Waals surface area contributed by atoms with Gasteiger partial charge in [-0.15, -0.1) is 0 Å². The first-order valence-electron chi connectivity index (χ1n) is 22.0. The summed E-state index contributed by atoms with van der Waals surface area (Å²) in [5.74, 6) is -0.463. The van der Waals surface area contributed by atoms with Gasteiger partial charge in [-0.1, -0.05) is 164 Å². The number of phosphoric ester groups is 1. The highest BCUT2D eigenvalue weighted by atomic mass is 31.2. The lowest BCUT2D eigenvalue weighted by Gasteiger charge is -2.24. The van der Waals surface area contributed by atoms with Gasteiger partial charge in [0.2, 0.25) is 5.91 Å². The van der Waals surface area contributed by atoms with Gasteiger partial charge in [0, 0.05) is 6.54 Å². The Kier molecular flexibility index (Phi) is 39.0. The topological polar surface area (TPSA) is 151 Å². The molecule has 0 fully saturated rings. The predicted octanol–water partition coefficient (Wildman–Crippen LogP) is 11.2. The summed E-state index contributed by atoms with van der Waals surface area (Å²) in [6, 6.07) is -1.01. The number of phosphoric acid groups is 1. The van der Waals surface area contributed by atoms with Crippen LogP contribution in [0, 0.1) is 0 Å². The predicted molar refractivity (Wildman–Crippen MR) is 232 cm³/mol. The summed E-state index contributed by atoms with van der Waals surface area (Å²) in [5, 5.41) is 24.0. The molecule has 10 heteroatoms. The quantitative estimate of drug-likeness (QED) is 0.0234. The maximum Gasteiger partial charge on any atom is 0.472 e. The molecule has 4 unspecified atom stereocenters. The zero-order valence-electron chi connectivity index (χ0n) is 35.0. The Morgan fingerprint density at radius 3 is 1.71 bits per heavy atom. The van der Waals surface area contributed by atoms with Crippen molar-refractivity contribution in [3.05, 3.63) is 60.8 Å². The van der Waals surface area contributed by atoms with Crippen molar-refractivity contribution in [1.82, 2.24) is 5.32 Å². The average molecular weight is 795 g/mol. The summed E-state index contributed by atoms with van der Waals surface area (Å²) < 4.78 is 22.0. The molecule has 0 spiro atoms. The van der Waals surface area contributed by atoms with Crippen molar-refractivity contribution in [3.8, 4) is 0 Å². The van der Waals surface area contributed by atoms with Gasteiger partial charge in [0.15, 0.2) is 0 Å². The molecule has 320 valence electrons. The van der Waals surface area contributed by atoms with Crippen LogP contribution in [0.2, 0.25) is 0 Å². The molecule has 0 aliphatic heterocycles. The number of hydrogen-bond donors (Lipinski definition) is 5. The monoisotopic (exact) mass is 795 g/mol. The number of nitrogens with two attached hydrogens (primary N) is 1. The molecular formula is C45H83N2O7P. The molecular weight excluding hydrogens is 711 g/mol. The van der Waals surface area contributed by atoms with E-state index in [0.29, 0.717) is 12.8 Å². The first-order valence-corrected chi connectivity index (χ1v) is 23.5. The molecule has 0 aliphatic carbocycles. The number of unbranched alkanes of at least 4 members (excludes halogenated alkanes) is 18. The fraction of sp³-hybridized carbons (Fsp3) is 0.756. The van der Waals surface area contributed by atoms with Crippen LogP contribution >= 0.6 is 7.82 Å². The van der Waals surface area contributed by atoms with Gasteiger partial charge in [0.25, 0.3) is 0 Å². The first-order chi connectivity index (χ1) is 26.8. The molecule has 0 saturated heterocycles. The highest BCUT2D eigenvalue weighted by molar-refractivity contribution is 7.47.